The third kappa shape index (κ3) is 2.56. The fourth-order valence-electron chi connectivity index (χ4n) is 3.52. The lowest BCUT2D eigenvalue weighted by Gasteiger charge is -2.29. The number of anilines is 1. The van der Waals surface area contributed by atoms with Gasteiger partial charge in [-0.15, -0.1) is 0 Å². The smallest absolute Gasteiger partial charge is 0.254 e. The molecule has 1 aromatic rings. The van der Waals surface area contributed by atoms with Crippen molar-refractivity contribution in [3.8, 4) is 6.07 Å². The minimum absolute atomic E-state index is 0.0533. The summed E-state index contributed by atoms with van der Waals surface area (Å²) in [4.78, 5) is 0. The van der Waals surface area contributed by atoms with Crippen LogP contribution in [0.1, 0.15) is 37.7 Å². The van der Waals surface area contributed by atoms with Gasteiger partial charge in [-0.25, -0.2) is 13.5 Å². The van der Waals surface area contributed by atoms with Crippen molar-refractivity contribution in [1.82, 2.24) is 9.78 Å². The zero-order chi connectivity index (χ0) is 15.8. The molecule has 0 unspecified atom stereocenters. The van der Waals surface area contributed by atoms with E-state index >= 15 is 0 Å². The summed E-state index contributed by atoms with van der Waals surface area (Å²) < 4.78 is 28.3. The highest BCUT2D eigenvalue weighted by atomic mass is 19.3. The number of aliphatic hydroxyl groups is 1. The molecule has 2 N–H and O–H groups in total. The Morgan fingerprint density at radius 1 is 1.45 bits per heavy atom. The van der Waals surface area contributed by atoms with Gasteiger partial charge in [-0.05, 0) is 31.6 Å². The van der Waals surface area contributed by atoms with Crippen molar-refractivity contribution in [2.24, 2.45) is 11.3 Å². The van der Waals surface area contributed by atoms with Gasteiger partial charge in [0.15, 0.2) is 0 Å². The summed E-state index contributed by atoms with van der Waals surface area (Å²) >= 11 is 0. The van der Waals surface area contributed by atoms with Crippen LogP contribution in [0.3, 0.4) is 0 Å². The minimum Gasteiger partial charge on any atom is -0.394 e. The van der Waals surface area contributed by atoms with Crippen molar-refractivity contribution in [3.63, 3.8) is 0 Å². The summed E-state index contributed by atoms with van der Waals surface area (Å²) in [5.41, 5.74) is -0.269. The van der Waals surface area contributed by atoms with E-state index in [2.05, 4.69) is 16.5 Å². The lowest BCUT2D eigenvalue weighted by Crippen LogP contribution is -2.25. The quantitative estimate of drug-likeness (QED) is 0.875. The Kier molecular flexibility index (Phi) is 3.81. The molecule has 5 nitrogen and oxygen atoms in total. The van der Waals surface area contributed by atoms with Gasteiger partial charge in [0.05, 0.1) is 19.3 Å². The maximum atomic E-state index is 13.4. The Balaban J connectivity index is 1.56. The second-order valence-electron chi connectivity index (χ2n) is 6.45. The van der Waals surface area contributed by atoms with Gasteiger partial charge in [-0.1, -0.05) is 0 Å². The molecule has 22 heavy (non-hydrogen) atoms. The number of hydrogen-bond acceptors (Lipinski definition) is 4. The molecule has 1 heterocycles. The van der Waals surface area contributed by atoms with E-state index in [0.717, 1.165) is 12.8 Å². The number of nitrogens with zero attached hydrogens (tertiary/aromatic N) is 3. The summed E-state index contributed by atoms with van der Waals surface area (Å²) in [6.45, 7) is 0.916. The third-order valence-electron chi connectivity index (χ3n) is 5.10. The number of rotatable bonds is 5. The van der Waals surface area contributed by atoms with Crippen LogP contribution in [0.5, 0.6) is 0 Å². The van der Waals surface area contributed by atoms with Gasteiger partial charge >= 0.3 is 0 Å². The molecule has 120 valence electrons. The molecule has 2 aliphatic rings. The van der Waals surface area contributed by atoms with Gasteiger partial charge in [-0.2, -0.15) is 10.4 Å². The second-order valence-corrected chi connectivity index (χ2v) is 6.45. The molecule has 7 heteroatoms. The van der Waals surface area contributed by atoms with E-state index in [4.69, 9.17) is 10.4 Å². The van der Waals surface area contributed by atoms with E-state index in [1.807, 2.05) is 0 Å². The topological polar surface area (TPSA) is 73.9 Å². The molecule has 0 amide bonds. The van der Waals surface area contributed by atoms with Crippen LogP contribution in [-0.4, -0.2) is 34.0 Å². The number of halogens is 2. The van der Waals surface area contributed by atoms with E-state index in [-0.39, 0.29) is 13.0 Å². The van der Waals surface area contributed by atoms with E-state index in [0.29, 0.717) is 43.2 Å². The number of alkyl halides is 2. The molecule has 0 aliphatic heterocycles. The van der Waals surface area contributed by atoms with E-state index in [1.165, 1.54) is 6.20 Å². The van der Waals surface area contributed by atoms with Crippen LogP contribution >= 0.6 is 0 Å². The second kappa shape index (κ2) is 5.51. The molecule has 0 saturated heterocycles. The molecule has 2 fully saturated rings. The van der Waals surface area contributed by atoms with E-state index in [1.54, 1.807) is 4.68 Å². The van der Waals surface area contributed by atoms with Crippen LogP contribution in [0.25, 0.3) is 0 Å². The first-order valence-electron chi connectivity index (χ1n) is 7.70. The van der Waals surface area contributed by atoms with Crippen LogP contribution in [0, 0.1) is 22.7 Å². The van der Waals surface area contributed by atoms with Crippen molar-refractivity contribution in [1.29, 1.82) is 5.26 Å². The lowest BCUT2D eigenvalue weighted by molar-refractivity contribution is 0.0415. The first kappa shape index (κ1) is 15.2. The Morgan fingerprint density at radius 3 is 2.68 bits per heavy atom. The summed E-state index contributed by atoms with van der Waals surface area (Å²) in [5, 5.41) is 25.4. The Labute approximate surface area is 127 Å². The van der Waals surface area contributed by atoms with E-state index in [9.17, 15) is 8.78 Å². The number of nitriles is 1. The summed E-state index contributed by atoms with van der Waals surface area (Å²) in [6, 6.07) is 2.07. The number of hydrogen-bond donors (Lipinski definition) is 2. The summed E-state index contributed by atoms with van der Waals surface area (Å²) in [5.74, 6) is -1.50. The molecule has 0 radical (unpaired) electrons. The van der Waals surface area contributed by atoms with Crippen LogP contribution in [0.2, 0.25) is 0 Å². The number of aliphatic hydroxyl groups excluding tert-OH is 1. The minimum atomic E-state index is -2.45. The van der Waals surface area contributed by atoms with Crippen molar-refractivity contribution < 1.29 is 13.9 Å². The third-order valence-corrected chi connectivity index (χ3v) is 5.10. The van der Waals surface area contributed by atoms with Gasteiger partial charge < -0.3 is 10.4 Å². The highest BCUT2D eigenvalue weighted by Crippen LogP contribution is 2.67. The fraction of sp³-hybridized carbons (Fsp3) is 0.733. The molecule has 3 rings (SSSR count). The Bertz CT molecular complexity index is 585. The first-order chi connectivity index (χ1) is 10.5. The molecule has 0 bridgehead atoms. The van der Waals surface area contributed by atoms with Crippen LogP contribution in [0.4, 0.5) is 14.6 Å². The van der Waals surface area contributed by atoms with Crippen LogP contribution < -0.4 is 5.32 Å². The molecule has 2 saturated carbocycles. The van der Waals surface area contributed by atoms with Gasteiger partial charge in [-0.3, -0.25) is 0 Å². The van der Waals surface area contributed by atoms with Crippen molar-refractivity contribution in [2.45, 2.75) is 44.6 Å². The van der Waals surface area contributed by atoms with Gasteiger partial charge in [0.25, 0.3) is 5.92 Å². The SMILES string of the molecule is N#Cc1cnn(CCO)c1NCC1CCC2(CC1)CC2(F)F. The summed E-state index contributed by atoms with van der Waals surface area (Å²) in [7, 11) is 0. The van der Waals surface area contributed by atoms with Crippen molar-refractivity contribution in [2.75, 3.05) is 18.5 Å². The first-order valence-corrected chi connectivity index (χ1v) is 7.70. The Morgan fingerprint density at radius 2 is 2.14 bits per heavy atom. The maximum Gasteiger partial charge on any atom is 0.254 e. The van der Waals surface area contributed by atoms with Crippen molar-refractivity contribution in [3.05, 3.63) is 11.8 Å². The molecular weight excluding hydrogens is 290 g/mol. The molecule has 1 aromatic heterocycles. The average Bonchev–Trinajstić information content (AvgIpc) is 2.84. The highest BCUT2D eigenvalue weighted by molar-refractivity contribution is 5.51. The predicted octanol–water partition coefficient (Wildman–Crippen LogP) is 2.37. The molecule has 1 spiro atoms. The number of aromatic nitrogens is 2. The molecule has 0 aromatic carbocycles. The molecule has 2 aliphatic carbocycles. The largest absolute Gasteiger partial charge is 0.394 e. The fourth-order valence-corrected chi connectivity index (χ4v) is 3.52. The van der Waals surface area contributed by atoms with Crippen molar-refractivity contribution >= 4 is 5.82 Å². The molecular formula is C15H20F2N4O. The highest BCUT2D eigenvalue weighted by Gasteiger charge is 2.70. The normalized spacial score (nSPS) is 29.3. The Hall–Kier alpha value is -1.68. The van der Waals surface area contributed by atoms with E-state index < -0.39 is 11.3 Å². The maximum absolute atomic E-state index is 13.4. The van der Waals surface area contributed by atoms with Crippen LogP contribution in [-0.2, 0) is 6.54 Å². The zero-order valence-electron chi connectivity index (χ0n) is 12.4. The predicted molar refractivity (Wildman–Crippen MR) is 76.5 cm³/mol. The van der Waals surface area contributed by atoms with Crippen LogP contribution in [0.15, 0.2) is 6.20 Å². The monoisotopic (exact) mass is 310 g/mol. The average molecular weight is 310 g/mol. The van der Waals surface area contributed by atoms with Gasteiger partial charge in [0, 0.05) is 18.4 Å². The number of nitrogens with one attached hydrogen (secondary N) is 1. The lowest BCUT2D eigenvalue weighted by atomic mass is 9.79. The van der Waals surface area contributed by atoms with Gasteiger partial charge in [0.1, 0.15) is 17.5 Å². The zero-order valence-corrected chi connectivity index (χ0v) is 12.4. The molecule has 0 atom stereocenters. The van der Waals surface area contributed by atoms with Gasteiger partial charge in [0.2, 0.25) is 0 Å². The standard InChI is InChI=1S/C15H20F2N4O/c16-15(17)10-14(15)3-1-11(2-4-14)8-19-13-12(7-18)9-20-21(13)5-6-22/h9,11,19,22H,1-6,8,10H2. The summed E-state index contributed by atoms with van der Waals surface area (Å²) in [6.07, 6.45) is 4.29.